The molecule has 0 saturated heterocycles. The lowest BCUT2D eigenvalue weighted by Crippen LogP contribution is -2.21. The lowest BCUT2D eigenvalue weighted by molar-refractivity contribution is 0.315. The van der Waals surface area contributed by atoms with Crippen LogP contribution >= 0.6 is 11.3 Å². The van der Waals surface area contributed by atoms with Gasteiger partial charge in [0, 0.05) is 25.6 Å². The number of hydrogen-bond acceptors (Lipinski definition) is 5. The molecule has 6 heteroatoms. The van der Waals surface area contributed by atoms with Crippen LogP contribution in [0.4, 0.5) is 0 Å². The first-order chi connectivity index (χ1) is 12.0. The van der Waals surface area contributed by atoms with Gasteiger partial charge >= 0.3 is 0 Å². The van der Waals surface area contributed by atoms with E-state index in [-0.39, 0.29) is 5.56 Å². The molecule has 0 N–H and O–H groups in total. The van der Waals surface area contributed by atoms with Gasteiger partial charge in [-0.1, -0.05) is 54.5 Å². The van der Waals surface area contributed by atoms with Gasteiger partial charge < -0.3 is 0 Å². The molecule has 0 saturated carbocycles. The summed E-state index contributed by atoms with van der Waals surface area (Å²) < 4.78 is 1.43. The molecule has 25 heavy (non-hydrogen) atoms. The van der Waals surface area contributed by atoms with E-state index in [4.69, 9.17) is 0 Å². The van der Waals surface area contributed by atoms with Crippen LogP contribution in [0.3, 0.4) is 0 Å². The quantitative estimate of drug-likeness (QED) is 0.651. The van der Waals surface area contributed by atoms with E-state index in [2.05, 4.69) is 53.1 Å². The van der Waals surface area contributed by atoms with E-state index in [0.29, 0.717) is 11.5 Å². The summed E-state index contributed by atoms with van der Waals surface area (Å²) in [7, 11) is 2.04. The lowest BCUT2D eigenvalue weighted by atomic mass is 10.1. The molecule has 3 aromatic rings. The fourth-order valence-corrected chi connectivity index (χ4v) is 3.70. The average molecular weight is 356 g/mol. The summed E-state index contributed by atoms with van der Waals surface area (Å²) in [6.07, 6.45) is 3.11. The highest BCUT2D eigenvalue weighted by Gasteiger charge is 2.10. The molecule has 0 aliphatic rings. The summed E-state index contributed by atoms with van der Waals surface area (Å²) in [5, 5.41) is 5.38. The minimum absolute atomic E-state index is 0.0947. The average Bonchev–Trinajstić information content (AvgIpc) is 2.98. The van der Waals surface area contributed by atoms with Crippen LogP contribution in [0.25, 0.3) is 4.96 Å². The van der Waals surface area contributed by atoms with Crippen LogP contribution in [0.1, 0.15) is 41.6 Å². The van der Waals surface area contributed by atoms with Crippen LogP contribution in [0.15, 0.2) is 35.1 Å². The second kappa shape index (κ2) is 7.89. The van der Waals surface area contributed by atoms with Gasteiger partial charge in [-0.25, -0.2) is 4.98 Å². The Kier molecular flexibility index (Phi) is 5.60. The molecule has 5 nitrogen and oxygen atoms in total. The molecular weight excluding hydrogens is 332 g/mol. The smallest absolute Gasteiger partial charge is 0.275 e. The Bertz CT molecular complexity index is 898. The van der Waals surface area contributed by atoms with Crippen molar-refractivity contribution in [3.05, 3.63) is 62.5 Å². The Morgan fingerprint density at radius 1 is 1.20 bits per heavy atom. The molecule has 0 aliphatic carbocycles. The number of aryl methyl sites for hydroxylation is 2. The standard InChI is InChI=1S/C19H24N4OS/c1-4-5-6-17-21-23-18(24)11-16(20-19(23)25-17)13-22(3)12-15-9-7-14(2)8-10-15/h7-11H,4-6,12-13H2,1-3H3. The highest BCUT2D eigenvalue weighted by atomic mass is 32.1. The van der Waals surface area contributed by atoms with Gasteiger partial charge in [-0.3, -0.25) is 9.69 Å². The minimum atomic E-state index is -0.0947. The summed E-state index contributed by atoms with van der Waals surface area (Å²) in [6, 6.07) is 10.1. The van der Waals surface area contributed by atoms with Crippen LogP contribution in [-0.2, 0) is 19.5 Å². The summed E-state index contributed by atoms with van der Waals surface area (Å²) >= 11 is 1.52. The number of aromatic nitrogens is 3. The summed E-state index contributed by atoms with van der Waals surface area (Å²) in [5.41, 5.74) is 3.22. The molecule has 0 unspecified atom stereocenters. The summed E-state index contributed by atoms with van der Waals surface area (Å²) in [5.74, 6) is 0. The van der Waals surface area contributed by atoms with Crippen LogP contribution in [0.5, 0.6) is 0 Å². The van der Waals surface area contributed by atoms with Gasteiger partial charge in [-0.2, -0.15) is 9.61 Å². The number of fused-ring (bicyclic) bond motifs is 1. The SMILES string of the molecule is CCCCc1nn2c(=O)cc(CN(C)Cc3ccc(C)cc3)nc2s1. The van der Waals surface area contributed by atoms with Gasteiger partial charge in [0.15, 0.2) is 0 Å². The zero-order valence-corrected chi connectivity index (χ0v) is 15.8. The zero-order chi connectivity index (χ0) is 17.8. The second-order valence-electron chi connectivity index (χ2n) is 6.54. The van der Waals surface area contributed by atoms with E-state index in [0.717, 1.165) is 36.5 Å². The molecule has 2 aromatic heterocycles. The molecule has 0 fully saturated rings. The van der Waals surface area contributed by atoms with Gasteiger partial charge in [0.05, 0.1) is 5.69 Å². The first kappa shape index (κ1) is 17.8. The van der Waals surface area contributed by atoms with Gasteiger partial charge in [0.2, 0.25) is 4.96 Å². The minimum Gasteiger partial charge on any atom is -0.296 e. The molecule has 0 amide bonds. The molecule has 3 rings (SSSR count). The van der Waals surface area contributed by atoms with Crippen LogP contribution in [-0.4, -0.2) is 26.5 Å². The summed E-state index contributed by atoms with van der Waals surface area (Å²) in [4.78, 5) is 19.8. The van der Waals surface area contributed by atoms with Crippen molar-refractivity contribution in [1.29, 1.82) is 0 Å². The fraction of sp³-hybridized carbons (Fsp3) is 0.421. The highest BCUT2D eigenvalue weighted by molar-refractivity contribution is 7.16. The second-order valence-corrected chi connectivity index (χ2v) is 7.58. The predicted octanol–water partition coefficient (Wildman–Crippen LogP) is 3.43. The topological polar surface area (TPSA) is 50.5 Å². The number of hydrogen-bond donors (Lipinski definition) is 0. The molecule has 1 aromatic carbocycles. The van der Waals surface area contributed by atoms with E-state index < -0.39 is 0 Å². The van der Waals surface area contributed by atoms with Crippen molar-refractivity contribution in [3.8, 4) is 0 Å². The van der Waals surface area contributed by atoms with Crippen molar-refractivity contribution >= 4 is 16.3 Å². The predicted molar refractivity (Wildman–Crippen MR) is 102 cm³/mol. The van der Waals surface area contributed by atoms with Crippen LogP contribution in [0.2, 0.25) is 0 Å². The van der Waals surface area contributed by atoms with E-state index in [1.807, 2.05) is 7.05 Å². The maximum Gasteiger partial charge on any atom is 0.275 e. The van der Waals surface area contributed by atoms with Crippen molar-refractivity contribution < 1.29 is 0 Å². The first-order valence-electron chi connectivity index (χ1n) is 8.68. The van der Waals surface area contributed by atoms with E-state index in [9.17, 15) is 4.79 Å². The van der Waals surface area contributed by atoms with Gasteiger partial charge in [0.1, 0.15) is 5.01 Å². The zero-order valence-electron chi connectivity index (χ0n) is 15.0. The molecule has 0 radical (unpaired) electrons. The van der Waals surface area contributed by atoms with Crippen molar-refractivity contribution in [3.63, 3.8) is 0 Å². The molecule has 0 aliphatic heterocycles. The Labute approximate surface area is 152 Å². The highest BCUT2D eigenvalue weighted by Crippen LogP contribution is 2.15. The van der Waals surface area contributed by atoms with Crippen molar-refractivity contribution in [1.82, 2.24) is 19.5 Å². The van der Waals surface area contributed by atoms with E-state index in [1.54, 1.807) is 6.07 Å². The largest absolute Gasteiger partial charge is 0.296 e. The molecule has 0 bridgehead atoms. The Morgan fingerprint density at radius 2 is 1.96 bits per heavy atom. The Hall–Kier alpha value is -2.05. The molecular formula is C19H24N4OS. The Morgan fingerprint density at radius 3 is 2.68 bits per heavy atom. The third-order valence-electron chi connectivity index (χ3n) is 4.09. The maximum absolute atomic E-state index is 12.3. The normalized spacial score (nSPS) is 11.5. The maximum atomic E-state index is 12.3. The molecule has 0 atom stereocenters. The van der Waals surface area contributed by atoms with Gasteiger partial charge in [-0.05, 0) is 26.0 Å². The fourth-order valence-electron chi connectivity index (χ4n) is 2.74. The van der Waals surface area contributed by atoms with Crippen molar-refractivity contribution in [2.75, 3.05) is 7.05 Å². The number of nitrogens with zero attached hydrogens (tertiary/aromatic N) is 4. The van der Waals surface area contributed by atoms with E-state index >= 15 is 0 Å². The Balaban J connectivity index is 1.74. The third kappa shape index (κ3) is 4.52. The molecule has 0 spiro atoms. The van der Waals surface area contributed by atoms with Crippen LogP contribution in [0, 0.1) is 6.92 Å². The van der Waals surface area contributed by atoms with E-state index in [1.165, 1.54) is 27.0 Å². The lowest BCUT2D eigenvalue weighted by Gasteiger charge is -2.16. The number of rotatable bonds is 7. The summed E-state index contributed by atoms with van der Waals surface area (Å²) in [6.45, 7) is 5.71. The molecule has 2 heterocycles. The van der Waals surface area contributed by atoms with Crippen molar-refractivity contribution in [2.45, 2.75) is 46.2 Å². The van der Waals surface area contributed by atoms with Gasteiger partial charge in [-0.15, -0.1) is 0 Å². The number of benzene rings is 1. The first-order valence-corrected chi connectivity index (χ1v) is 9.49. The van der Waals surface area contributed by atoms with Crippen LogP contribution < -0.4 is 5.56 Å². The monoisotopic (exact) mass is 356 g/mol. The molecule has 132 valence electrons. The van der Waals surface area contributed by atoms with Gasteiger partial charge in [0.25, 0.3) is 5.56 Å². The number of unbranched alkanes of at least 4 members (excludes halogenated alkanes) is 1. The third-order valence-corrected chi connectivity index (χ3v) is 5.06. The van der Waals surface area contributed by atoms with Crippen molar-refractivity contribution in [2.24, 2.45) is 0 Å².